The van der Waals surface area contributed by atoms with Crippen LogP contribution in [0.4, 0.5) is 0 Å². The third-order valence-corrected chi connectivity index (χ3v) is 2.83. The Hall–Kier alpha value is -1.64. The minimum atomic E-state index is -0.746. The van der Waals surface area contributed by atoms with Gasteiger partial charge in [0.25, 0.3) is 0 Å². The molecule has 4 nitrogen and oxygen atoms in total. The van der Waals surface area contributed by atoms with E-state index in [1.165, 1.54) is 17.7 Å². The normalized spacial score (nSPS) is 12.3. The summed E-state index contributed by atoms with van der Waals surface area (Å²) in [4.78, 5) is 5.17. The first kappa shape index (κ1) is 8.94. The molecule has 0 saturated carbocycles. The summed E-state index contributed by atoms with van der Waals surface area (Å²) in [7, 11) is 0. The van der Waals surface area contributed by atoms with Crippen LogP contribution in [0.15, 0.2) is 30.9 Å². The third-order valence-electron chi connectivity index (χ3n) is 1.80. The molecular weight excluding hydrogens is 198 g/mol. The first-order chi connectivity index (χ1) is 6.81. The van der Waals surface area contributed by atoms with E-state index in [9.17, 15) is 5.11 Å². The molecule has 0 aliphatic heterocycles. The molecule has 5 heteroatoms. The fourth-order valence-corrected chi connectivity index (χ4v) is 1.91. The average Bonchev–Trinajstić information content (AvgIpc) is 2.88. The van der Waals surface area contributed by atoms with Crippen LogP contribution < -0.4 is 0 Å². The molecule has 2 rings (SSSR count). The molecule has 0 aliphatic rings. The van der Waals surface area contributed by atoms with Crippen molar-refractivity contribution in [3.05, 3.63) is 40.6 Å². The minimum absolute atomic E-state index is 0.596. The van der Waals surface area contributed by atoms with Crippen LogP contribution in [0, 0.1) is 11.3 Å². The first-order valence-corrected chi connectivity index (χ1v) is 4.78. The van der Waals surface area contributed by atoms with E-state index in [1.807, 2.05) is 6.07 Å². The van der Waals surface area contributed by atoms with E-state index in [1.54, 1.807) is 29.1 Å². The number of hydrogen-bond acceptors (Lipinski definition) is 4. The lowest BCUT2D eigenvalue weighted by Crippen LogP contribution is -2.05. The average molecular weight is 205 g/mol. The minimum Gasteiger partial charge on any atom is -0.368 e. The summed E-state index contributed by atoms with van der Waals surface area (Å²) < 4.78 is 1.58. The van der Waals surface area contributed by atoms with Gasteiger partial charge in [-0.3, -0.25) is 0 Å². The monoisotopic (exact) mass is 205 g/mol. The van der Waals surface area contributed by atoms with Crippen molar-refractivity contribution >= 4 is 11.3 Å². The van der Waals surface area contributed by atoms with Crippen molar-refractivity contribution < 1.29 is 5.11 Å². The summed E-state index contributed by atoms with van der Waals surface area (Å²) in [5.74, 6) is 0. The molecule has 1 unspecified atom stereocenters. The molecule has 0 amide bonds. The summed E-state index contributed by atoms with van der Waals surface area (Å²) >= 11 is 1.28. The highest BCUT2D eigenvalue weighted by Gasteiger charge is 2.11. The van der Waals surface area contributed by atoms with Crippen molar-refractivity contribution in [1.82, 2.24) is 9.55 Å². The molecule has 0 bridgehead atoms. The molecule has 2 aromatic rings. The fourth-order valence-electron chi connectivity index (χ4n) is 1.11. The highest BCUT2D eigenvalue weighted by Crippen LogP contribution is 2.23. The zero-order valence-corrected chi connectivity index (χ0v) is 7.98. The standard InChI is InChI=1S/C9H7N3OS/c10-5-7-1-2-8(14-7)9(13)12-4-3-11-6-12/h1-4,6,9,13H. The van der Waals surface area contributed by atoms with E-state index in [0.29, 0.717) is 4.88 Å². The van der Waals surface area contributed by atoms with Crippen LogP contribution in [0.25, 0.3) is 0 Å². The van der Waals surface area contributed by atoms with Gasteiger partial charge in [0.05, 0.1) is 11.2 Å². The van der Waals surface area contributed by atoms with Gasteiger partial charge in [0.2, 0.25) is 0 Å². The number of aliphatic hydroxyl groups is 1. The van der Waals surface area contributed by atoms with Crippen LogP contribution in [0.2, 0.25) is 0 Å². The molecule has 14 heavy (non-hydrogen) atoms. The van der Waals surface area contributed by atoms with Gasteiger partial charge in [0.1, 0.15) is 10.9 Å². The van der Waals surface area contributed by atoms with Crippen LogP contribution in [-0.2, 0) is 0 Å². The van der Waals surface area contributed by atoms with Gasteiger partial charge in [-0.2, -0.15) is 5.26 Å². The smallest absolute Gasteiger partial charge is 0.167 e. The zero-order valence-electron chi connectivity index (χ0n) is 7.16. The van der Waals surface area contributed by atoms with E-state index in [2.05, 4.69) is 4.98 Å². The molecule has 0 radical (unpaired) electrons. The molecule has 1 atom stereocenters. The van der Waals surface area contributed by atoms with Crippen LogP contribution in [-0.4, -0.2) is 14.7 Å². The lowest BCUT2D eigenvalue weighted by molar-refractivity contribution is 0.150. The highest BCUT2D eigenvalue weighted by molar-refractivity contribution is 7.12. The Labute approximate surface area is 84.7 Å². The van der Waals surface area contributed by atoms with Crippen molar-refractivity contribution in [3.8, 4) is 6.07 Å². The number of hydrogen-bond donors (Lipinski definition) is 1. The van der Waals surface area contributed by atoms with Crippen molar-refractivity contribution in [2.24, 2.45) is 0 Å². The van der Waals surface area contributed by atoms with Crippen molar-refractivity contribution in [1.29, 1.82) is 5.26 Å². The molecule has 0 fully saturated rings. The summed E-state index contributed by atoms with van der Waals surface area (Å²) in [6.45, 7) is 0. The van der Waals surface area contributed by atoms with Crippen molar-refractivity contribution in [2.45, 2.75) is 6.23 Å². The van der Waals surface area contributed by atoms with Crippen LogP contribution in [0.1, 0.15) is 16.0 Å². The fraction of sp³-hybridized carbons (Fsp3) is 0.111. The maximum absolute atomic E-state index is 9.81. The Balaban J connectivity index is 2.28. The number of imidazole rings is 1. The Morgan fingerprint density at radius 3 is 3.00 bits per heavy atom. The van der Waals surface area contributed by atoms with Crippen LogP contribution in [0.3, 0.4) is 0 Å². The molecule has 0 aromatic carbocycles. The summed E-state index contributed by atoms with van der Waals surface area (Å²) in [6, 6.07) is 5.47. The second-order valence-corrected chi connectivity index (χ2v) is 3.81. The number of nitrogens with zero attached hydrogens (tertiary/aromatic N) is 3. The van der Waals surface area contributed by atoms with E-state index in [0.717, 1.165) is 4.88 Å². The molecule has 0 saturated heterocycles. The van der Waals surface area contributed by atoms with Gasteiger partial charge in [-0.15, -0.1) is 11.3 Å². The molecule has 70 valence electrons. The topological polar surface area (TPSA) is 61.8 Å². The van der Waals surface area contributed by atoms with Crippen LogP contribution in [0.5, 0.6) is 0 Å². The quantitative estimate of drug-likeness (QED) is 0.805. The Morgan fingerprint density at radius 1 is 1.57 bits per heavy atom. The second kappa shape index (κ2) is 3.62. The van der Waals surface area contributed by atoms with Gasteiger partial charge < -0.3 is 9.67 Å². The number of aromatic nitrogens is 2. The lowest BCUT2D eigenvalue weighted by Gasteiger charge is -2.08. The molecular formula is C9H7N3OS. The van der Waals surface area contributed by atoms with Gasteiger partial charge in [0, 0.05) is 12.4 Å². The van der Waals surface area contributed by atoms with Crippen molar-refractivity contribution in [3.63, 3.8) is 0 Å². The third kappa shape index (κ3) is 1.53. The number of rotatable bonds is 2. The van der Waals surface area contributed by atoms with Gasteiger partial charge in [-0.1, -0.05) is 0 Å². The Kier molecular flexibility index (Phi) is 2.31. The summed E-state index contributed by atoms with van der Waals surface area (Å²) in [5.41, 5.74) is 0. The van der Waals surface area contributed by atoms with Gasteiger partial charge in [-0.25, -0.2) is 4.98 Å². The molecule has 2 heterocycles. The maximum Gasteiger partial charge on any atom is 0.167 e. The molecule has 1 N–H and O–H groups in total. The second-order valence-electron chi connectivity index (χ2n) is 2.70. The van der Waals surface area contributed by atoms with Crippen molar-refractivity contribution in [2.75, 3.05) is 0 Å². The Bertz CT molecular complexity index is 455. The Morgan fingerprint density at radius 2 is 2.43 bits per heavy atom. The zero-order chi connectivity index (χ0) is 9.97. The van der Waals surface area contributed by atoms with Gasteiger partial charge in [-0.05, 0) is 12.1 Å². The highest BCUT2D eigenvalue weighted by atomic mass is 32.1. The largest absolute Gasteiger partial charge is 0.368 e. The van der Waals surface area contributed by atoms with Crippen LogP contribution >= 0.6 is 11.3 Å². The predicted molar refractivity (Wildman–Crippen MR) is 51.6 cm³/mol. The van der Waals surface area contributed by atoms with E-state index < -0.39 is 6.23 Å². The van der Waals surface area contributed by atoms with E-state index in [4.69, 9.17) is 5.26 Å². The van der Waals surface area contributed by atoms with E-state index in [-0.39, 0.29) is 0 Å². The SMILES string of the molecule is N#Cc1ccc(C(O)n2ccnc2)s1. The summed E-state index contributed by atoms with van der Waals surface area (Å²) in [5, 5.41) is 18.4. The van der Waals surface area contributed by atoms with Gasteiger partial charge >= 0.3 is 0 Å². The maximum atomic E-state index is 9.81. The summed E-state index contributed by atoms with van der Waals surface area (Å²) in [6.07, 6.45) is 4.07. The molecule has 0 aliphatic carbocycles. The van der Waals surface area contributed by atoms with E-state index >= 15 is 0 Å². The molecule has 2 aromatic heterocycles. The lowest BCUT2D eigenvalue weighted by atomic mass is 10.4. The molecule has 0 spiro atoms. The number of thiophene rings is 1. The number of aliphatic hydroxyl groups excluding tert-OH is 1. The first-order valence-electron chi connectivity index (χ1n) is 3.96. The number of nitriles is 1. The predicted octanol–water partition coefficient (Wildman–Crippen LogP) is 1.36. The van der Waals surface area contributed by atoms with Gasteiger partial charge in [0.15, 0.2) is 6.23 Å².